The van der Waals surface area contributed by atoms with Gasteiger partial charge in [-0.25, -0.2) is 0 Å². The fraction of sp³-hybridized carbons (Fsp3) is 0.0526. The van der Waals surface area contributed by atoms with E-state index in [-0.39, 0.29) is 0 Å². The lowest BCUT2D eigenvalue weighted by Crippen LogP contribution is -1.86. The van der Waals surface area contributed by atoms with Crippen LogP contribution in [0.4, 0.5) is 0 Å². The van der Waals surface area contributed by atoms with Crippen LogP contribution < -0.4 is 4.74 Å². The number of hydrogen-bond acceptors (Lipinski definition) is 3. The Hall–Kier alpha value is -3.12. The molecule has 106 valence electrons. The quantitative estimate of drug-likeness (QED) is 0.674. The van der Waals surface area contributed by atoms with Crippen LogP contribution in [0.15, 0.2) is 60.8 Å². The molecule has 0 bridgehead atoms. The van der Waals surface area contributed by atoms with E-state index in [0.717, 1.165) is 27.8 Å². The van der Waals surface area contributed by atoms with Crippen LogP contribution in [0.5, 0.6) is 5.75 Å². The zero-order valence-corrected chi connectivity index (χ0v) is 12.2. The molecular formula is C19H14N2O. The molecule has 22 heavy (non-hydrogen) atoms. The van der Waals surface area contributed by atoms with Crippen LogP contribution in [-0.2, 0) is 0 Å². The molecule has 0 radical (unpaired) electrons. The Morgan fingerprint density at radius 2 is 1.86 bits per heavy atom. The van der Waals surface area contributed by atoms with Crippen molar-refractivity contribution in [2.75, 3.05) is 7.11 Å². The SMILES string of the molecule is COc1ccc(/C(C#N)=C\c2ccnc3ccccc23)cc1. The summed E-state index contributed by atoms with van der Waals surface area (Å²) in [5, 5.41) is 10.5. The van der Waals surface area contributed by atoms with Gasteiger partial charge in [-0.2, -0.15) is 5.26 Å². The summed E-state index contributed by atoms with van der Waals surface area (Å²) in [5.74, 6) is 0.774. The summed E-state index contributed by atoms with van der Waals surface area (Å²) in [7, 11) is 1.62. The third-order valence-electron chi connectivity index (χ3n) is 3.50. The van der Waals surface area contributed by atoms with Crippen LogP contribution in [0.1, 0.15) is 11.1 Å². The van der Waals surface area contributed by atoms with Crippen molar-refractivity contribution in [1.82, 2.24) is 4.98 Å². The van der Waals surface area contributed by atoms with Gasteiger partial charge in [0.2, 0.25) is 0 Å². The number of allylic oxidation sites excluding steroid dienone is 1. The third-order valence-corrected chi connectivity index (χ3v) is 3.50. The predicted molar refractivity (Wildman–Crippen MR) is 88.2 cm³/mol. The van der Waals surface area contributed by atoms with Gasteiger partial charge in [-0.3, -0.25) is 4.98 Å². The van der Waals surface area contributed by atoms with Crippen molar-refractivity contribution < 1.29 is 4.74 Å². The van der Waals surface area contributed by atoms with Crippen molar-refractivity contribution in [2.45, 2.75) is 0 Å². The predicted octanol–water partition coefficient (Wildman–Crippen LogP) is 4.31. The van der Waals surface area contributed by atoms with Crippen molar-refractivity contribution in [1.29, 1.82) is 5.26 Å². The second-order valence-corrected chi connectivity index (χ2v) is 4.82. The van der Waals surface area contributed by atoms with Gasteiger partial charge in [0.1, 0.15) is 5.75 Å². The van der Waals surface area contributed by atoms with Gasteiger partial charge >= 0.3 is 0 Å². The molecule has 0 unspecified atom stereocenters. The van der Waals surface area contributed by atoms with Crippen LogP contribution >= 0.6 is 0 Å². The van der Waals surface area contributed by atoms with Gasteiger partial charge < -0.3 is 4.74 Å². The highest BCUT2D eigenvalue weighted by Gasteiger charge is 2.04. The molecule has 0 aliphatic rings. The van der Waals surface area contributed by atoms with Crippen LogP contribution in [0.3, 0.4) is 0 Å². The molecule has 0 spiro atoms. The fourth-order valence-corrected chi connectivity index (χ4v) is 2.35. The van der Waals surface area contributed by atoms with Gasteiger partial charge in [0.05, 0.1) is 24.3 Å². The molecule has 0 amide bonds. The summed E-state index contributed by atoms with van der Waals surface area (Å²) in [6.45, 7) is 0. The molecule has 0 atom stereocenters. The van der Waals surface area contributed by atoms with E-state index in [9.17, 15) is 5.26 Å². The molecule has 3 heteroatoms. The van der Waals surface area contributed by atoms with E-state index in [0.29, 0.717) is 5.57 Å². The highest BCUT2D eigenvalue weighted by atomic mass is 16.5. The molecule has 1 heterocycles. The Kier molecular flexibility index (Phi) is 3.84. The van der Waals surface area contributed by atoms with Gasteiger partial charge in [0, 0.05) is 11.6 Å². The summed E-state index contributed by atoms with van der Waals surface area (Å²) in [6.07, 6.45) is 3.66. The molecule has 3 nitrogen and oxygen atoms in total. The van der Waals surface area contributed by atoms with Crippen molar-refractivity contribution in [3.8, 4) is 11.8 Å². The minimum Gasteiger partial charge on any atom is -0.497 e. The van der Waals surface area contributed by atoms with Crippen LogP contribution in [0, 0.1) is 11.3 Å². The summed E-state index contributed by atoms with van der Waals surface area (Å²) < 4.78 is 5.15. The largest absolute Gasteiger partial charge is 0.497 e. The normalized spacial score (nSPS) is 11.2. The van der Waals surface area contributed by atoms with Gasteiger partial charge in [-0.1, -0.05) is 18.2 Å². The van der Waals surface area contributed by atoms with E-state index >= 15 is 0 Å². The topological polar surface area (TPSA) is 45.9 Å². The molecule has 0 aliphatic carbocycles. The fourth-order valence-electron chi connectivity index (χ4n) is 2.35. The molecule has 2 aromatic carbocycles. The van der Waals surface area contributed by atoms with Crippen molar-refractivity contribution in [3.05, 3.63) is 71.9 Å². The van der Waals surface area contributed by atoms with Crippen molar-refractivity contribution in [3.63, 3.8) is 0 Å². The number of para-hydroxylation sites is 1. The number of fused-ring (bicyclic) bond motifs is 1. The monoisotopic (exact) mass is 286 g/mol. The lowest BCUT2D eigenvalue weighted by molar-refractivity contribution is 0.415. The Balaban J connectivity index is 2.09. The molecule has 0 saturated carbocycles. The highest BCUT2D eigenvalue weighted by Crippen LogP contribution is 2.24. The first-order valence-corrected chi connectivity index (χ1v) is 6.92. The van der Waals surface area contributed by atoms with Gasteiger partial charge in [0.25, 0.3) is 0 Å². The average molecular weight is 286 g/mol. The molecular weight excluding hydrogens is 272 g/mol. The first-order valence-electron chi connectivity index (χ1n) is 6.92. The maximum Gasteiger partial charge on any atom is 0.118 e. The molecule has 3 rings (SSSR count). The number of hydrogen-bond donors (Lipinski definition) is 0. The van der Waals surface area contributed by atoms with Crippen molar-refractivity contribution >= 4 is 22.6 Å². The number of benzene rings is 2. The van der Waals surface area contributed by atoms with Gasteiger partial charge in [0.15, 0.2) is 0 Å². The Bertz CT molecular complexity index is 869. The molecule has 0 N–H and O–H groups in total. The van der Waals surface area contributed by atoms with Gasteiger partial charge in [-0.15, -0.1) is 0 Å². The zero-order chi connectivity index (χ0) is 15.4. The summed E-state index contributed by atoms with van der Waals surface area (Å²) in [6, 6.07) is 19.6. The second kappa shape index (κ2) is 6.11. The number of pyridine rings is 1. The number of aromatic nitrogens is 1. The van der Waals surface area contributed by atoms with Gasteiger partial charge in [-0.05, 0) is 53.6 Å². The molecule has 3 aromatic rings. The maximum absolute atomic E-state index is 9.47. The maximum atomic E-state index is 9.47. The number of ether oxygens (including phenoxy) is 1. The number of nitriles is 1. The minimum absolute atomic E-state index is 0.610. The molecule has 0 aliphatic heterocycles. The Morgan fingerprint density at radius 1 is 1.09 bits per heavy atom. The minimum atomic E-state index is 0.610. The second-order valence-electron chi connectivity index (χ2n) is 4.82. The van der Waals surface area contributed by atoms with Crippen LogP contribution in [0.2, 0.25) is 0 Å². The molecule has 1 aromatic heterocycles. The summed E-state index contributed by atoms with van der Waals surface area (Å²) >= 11 is 0. The van der Waals surface area contributed by atoms with Crippen LogP contribution in [-0.4, -0.2) is 12.1 Å². The molecule has 0 saturated heterocycles. The highest BCUT2D eigenvalue weighted by molar-refractivity contribution is 5.97. The summed E-state index contributed by atoms with van der Waals surface area (Å²) in [4.78, 5) is 4.34. The number of methoxy groups -OCH3 is 1. The van der Waals surface area contributed by atoms with E-state index in [1.54, 1.807) is 13.3 Å². The standard InChI is InChI=1S/C19H14N2O/c1-22-17-8-6-14(7-9-17)16(13-20)12-15-10-11-21-19-5-3-2-4-18(15)19/h2-12H,1H3/b16-12-. The van der Waals surface area contributed by atoms with E-state index in [1.807, 2.05) is 60.7 Å². The molecule has 0 fully saturated rings. The lowest BCUT2D eigenvalue weighted by atomic mass is 10.0. The number of rotatable bonds is 3. The van der Waals surface area contributed by atoms with E-state index < -0.39 is 0 Å². The summed E-state index contributed by atoms with van der Waals surface area (Å²) in [5.41, 5.74) is 3.38. The smallest absolute Gasteiger partial charge is 0.118 e. The zero-order valence-electron chi connectivity index (χ0n) is 12.2. The number of nitrogens with zero attached hydrogens (tertiary/aromatic N) is 2. The lowest BCUT2D eigenvalue weighted by Gasteiger charge is -2.04. The Labute approximate surface area is 129 Å². The van der Waals surface area contributed by atoms with Crippen molar-refractivity contribution in [2.24, 2.45) is 0 Å². The van der Waals surface area contributed by atoms with E-state index in [1.165, 1.54) is 0 Å². The Morgan fingerprint density at radius 3 is 2.59 bits per heavy atom. The van der Waals surface area contributed by atoms with E-state index in [2.05, 4.69) is 11.1 Å². The average Bonchev–Trinajstić information content (AvgIpc) is 2.60. The van der Waals surface area contributed by atoms with Crippen LogP contribution in [0.25, 0.3) is 22.6 Å². The first kappa shape index (κ1) is 13.8. The third kappa shape index (κ3) is 2.68. The van der Waals surface area contributed by atoms with E-state index in [4.69, 9.17) is 4.74 Å². The first-order chi connectivity index (χ1) is 10.8.